The minimum atomic E-state index is 0.731. The number of nitrogens with zero attached hydrogens (tertiary/aromatic N) is 1. The monoisotopic (exact) mass is 330 g/mol. The van der Waals surface area contributed by atoms with Gasteiger partial charge in [0, 0.05) is 20.6 Å². The summed E-state index contributed by atoms with van der Waals surface area (Å²) in [5.41, 5.74) is 1.00. The van der Waals surface area contributed by atoms with E-state index >= 15 is 0 Å². The van der Waals surface area contributed by atoms with Crippen LogP contribution in [-0.4, -0.2) is 4.98 Å². The molecular formula is C12H12BrClN2S. The number of halogens is 2. The standard InChI is InChI=1S/C12H12BrClN2S/c1-2-12-16-7-9(17-12)6-15-11-5-8(14)3-4-10(11)13/h3-5,7,15H,2,6H2,1H3. The van der Waals surface area contributed by atoms with E-state index in [0.717, 1.165) is 28.1 Å². The molecule has 2 aromatic rings. The van der Waals surface area contributed by atoms with Gasteiger partial charge in [0.25, 0.3) is 0 Å². The van der Waals surface area contributed by atoms with Crippen molar-refractivity contribution >= 4 is 44.6 Å². The van der Waals surface area contributed by atoms with Crippen LogP contribution in [0, 0.1) is 0 Å². The summed E-state index contributed by atoms with van der Waals surface area (Å²) in [7, 11) is 0. The van der Waals surface area contributed by atoms with Gasteiger partial charge in [-0.1, -0.05) is 18.5 Å². The fourth-order valence-electron chi connectivity index (χ4n) is 1.41. The highest BCUT2D eigenvalue weighted by Gasteiger charge is 2.03. The van der Waals surface area contributed by atoms with Gasteiger partial charge in [0.1, 0.15) is 0 Å². The second kappa shape index (κ2) is 5.85. The number of hydrogen-bond acceptors (Lipinski definition) is 3. The lowest BCUT2D eigenvalue weighted by Crippen LogP contribution is -1.98. The van der Waals surface area contributed by atoms with Crippen LogP contribution in [0.1, 0.15) is 16.8 Å². The summed E-state index contributed by atoms with van der Waals surface area (Å²) in [6.45, 7) is 2.89. The molecule has 17 heavy (non-hydrogen) atoms. The molecule has 1 N–H and O–H groups in total. The molecule has 90 valence electrons. The molecule has 0 saturated heterocycles. The van der Waals surface area contributed by atoms with Gasteiger partial charge in [-0.25, -0.2) is 4.98 Å². The van der Waals surface area contributed by atoms with Gasteiger partial charge in [-0.05, 0) is 40.5 Å². The van der Waals surface area contributed by atoms with Crippen molar-refractivity contribution in [1.29, 1.82) is 0 Å². The van der Waals surface area contributed by atoms with Crippen LogP contribution < -0.4 is 5.32 Å². The van der Waals surface area contributed by atoms with E-state index in [-0.39, 0.29) is 0 Å². The third-order valence-electron chi connectivity index (χ3n) is 2.29. The van der Waals surface area contributed by atoms with Crippen LogP contribution in [0.15, 0.2) is 28.9 Å². The highest BCUT2D eigenvalue weighted by Crippen LogP contribution is 2.26. The molecule has 0 atom stereocenters. The number of nitrogens with one attached hydrogen (secondary N) is 1. The molecule has 0 spiro atoms. The molecule has 1 aromatic carbocycles. The summed E-state index contributed by atoms with van der Waals surface area (Å²) in [4.78, 5) is 5.56. The first-order valence-corrected chi connectivity index (χ1v) is 7.30. The zero-order valence-corrected chi connectivity index (χ0v) is 12.5. The Labute approximate surface area is 118 Å². The van der Waals surface area contributed by atoms with Crippen molar-refractivity contribution in [3.63, 3.8) is 0 Å². The molecular weight excluding hydrogens is 320 g/mol. The summed E-state index contributed by atoms with van der Waals surface area (Å²) < 4.78 is 1.02. The maximum atomic E-state index is 5.95. The SMILES string of the molecule is CCc1ncc(CNc2cc(Cl)ccc2Br)s1. The Morgan fingerprint density at radius 3 is 3.00 bits per heavy atom. The molecule has 1 aromatic heterocycles. The van der Waals surface area contributed by atoms with Crippen LogP contribution in [0.3, 0.4) is 0 Å². The van der Waals surface area contributed by atoms with Crippen LogP contribution in [0.2, 0.25) is 5.02 Å². The Hall–Kier alpha value is -0.580. The first-order chi connectivity index (χ1) is 8.19. The number of aromatic nitrogens is 1. The largest absolute Gasteiger partial charge is 0.379 e. The van der Waals surface area contributed by atoms with E-state index in [1.807, 2.05) is 24.4 Å². The minimum Gasteiger partial charge on any atom is -0.379 e. The van der Waals surface area contributed by atoms with Gasteiger partial charge in [0.15, 0.2) is 0 Å². The highest BCUT2D eigenvalue weighted by molar-refractivity contribution is 9.10. The van der Waals surface area contributed by atoms with Gasteiger partial charge in [-0.2, -0.15) is 0 Å². The summed E-state index contributed by atoms with van der Waals surface area (Å²) in [5.74, 6) is 0. The van der Waals surface area contributed by atoms with Crippen molar-refractivity contribution in [3.8, 4) is 0 Å². The number of hydrogen-bond donors (Lipinski definition) is 1. The second-order valence-electron chi connectivity index (χ2n) is 3.55. The fraction of sp³-hybridized carbons (Fsp3) is 0.250. The molecule has 2 nitrogen and oxygen atoms in total. The van der Waals surface area contributed by atoms with Crippen molar-refractivity contribution in [2.45, 2.75) is 19.9 Å². The molecule has 0 fully saturated rings. The van der Waals surface area contributed by atoms with E-state index in [2.05, 4.69) is 33.2 Å². The maximum absolute atomic E-state index is 5.95. The Balaban J connectivity index is 2.04. The van der Waals surface area contributed by atoms with Gasteiger partial charge < -0.3 is 5.32 Å². The summed E-state index contributed by atoms with van der Waals surface area (Å²) in [6.07, 6.45) is 2.92. The number of anilines is 1. The van der Waals surface area contributed by atoms with Crippen LogP contribution in [-0.2, 0) is 13.0 Å². The molecule has 1 heterocycles. The predicted octanol–water partition coefficient (Wildman–Crippen LogP) is 4.73. The van der Waals surface area contributed by atoms with Crippen molar-refractivity contribution in [2.24, 2.45) is 0 Å². The molecule has 0 aliphatic carbocycles. The van der Waals surface area contributed by atoms with Crippen molar-refractivity contribution in [3.05, 3.63) is 43.8 Å². The van der Waals surface area contributed by atoms with E-state index in [4.69, 9.17) is 11.6 Å². The van der Waals surface area contributed by atoms with Gasteiger partial charge in [-0.15, -0.1) is 11.3 Å². The molecule has 0 bridgehead atoms. The van der Waals surface area contributed by atoms with E-state index in [1.165, 1.54) is 9.88 Å². The zero-order valence-electron chi connectivity index (χ0n) is 9.34. The first-order valence-electron chi connectivity index (χ1n) is 5.31. The third kappa shape index (κ3) is 3.44. The average molecular weight is 332 g/mol. The van der Waals surface area contributed by atoms with Crippen molar-refractivity contribution in [1.82, 2.24) is 4.98 Å². The summed E-state index contributed by atoms with van der Waals surface area (Å²) in [6, 6.07) is 5.71. The van der Waals surface area contributed by atoms with Gasteiger partial charge >= 0.3 is 0 Å². The number of rotatable bonds is 4. The Morgan fingerprint density at radius 1 is 1.47 bits per heavy atom. The lowest BCUT2D eigenvalue weighted by Gasteiger charge is -2.07. The average Bonchev–Trinajstić information content (AvgIpc) is 2.78. The lowest BCUT2D eigenvalue weighted by atomic mass is 10.3. The summed E-state index contributed by atoms with van der Waals surface area (Å²) in [5, 5.41) is 5.25. The molecule has 0 aliphatic heterocycles. The number of benzene rings is 1. The van der Waals surface area contributed by atoms with Crippen LogP contribution in [0.5, 0.6) is 0 Å². The minimum absolute atomic E-state index is 0.731. The van der Waals surface area contributed by atoms with Gasteiger partial charge in [0.2, 0.25) is 0 Å². The quantitative estimate of drug-likeness (QED) is 0.875. The molecule has 0 saturated carbocycles. The first kappa shape index (κ1) is 12.9. The molecule has 0 unspecified atom stereocenters. The third-order valence-corrected chi connectivity index (χ3v) is 4.35. The topological polar surface area (TPSA) is 24.9 Å². The smallest absolute Gasteiger partial charge is 0.0925 e. The maximum Gasteiger partial charge on any atom is 0.0925 e. The van der Waals surface area contributed by atoms with Crippen LogP contribution in [0.4, 0.5) is 5.69 Å². The van der Waals surface area contributed by atoms with Crippen LogP contribution >= 0.6 is 38.9 Å². The number of thiazole rings is 1. The Kier molecular flexibility index (Phi) is 4.42. The van der Waals surface area contributed by atoms with Gasteiger partial charge in [0.05, 0.1) is 17.2 Å². The highest BCUT2D eigenvalue weighted by atomic mass is 79.9. The van der Waals surface area contributed by atoms with Crippen molar-refractivity contribution in [2.75, 3.05) is 5.32 Å². The van der Waals surface area contributed by atoms with Crippen molar-refractivity contribution < 1.29 is 0 Å². The van der Waals surface area contributed by atoms with Crippen LogP contribution in [0.25, 0.3) is 0 Å². The predicted molar refractivity (Wildman–Crippen MR) is 78.0 cm³/mol. The van der Waals surface area contributed by atoms with E-state index in [1.54, 1.807) is 11.3 Å². The Bertz CT molecular complexity index is 513. The lowest BCUT2D eigenvalue weighted by molar-refractivity contribution is 1.09. The summed E-state index contributed by atoms with van der Waals surface area (Å²) >= 11 is 11.2. The fourth-order valence-corrected chi connectivity index (χ4v) is 2.77. The number of aryl methyl sites for hydroxylation is 1. The molecule has 2 rings (SSSR count). The molecule has 5 heteroatoms. The zero-order chi connectivity index (χ0) is 12.3. The molecule has 0 amide bonds. The van der Waals surface area contributed by atoms with E-state index in [0.29, 0.717) is 0 Å². The van der Waals surface area contributed by atoms with E-state index < -0.39 is 0 Å². The Morgan fingerprint density at radius 2 is 2.29 bits per heavy atom. The molecule has 0 radical (unpaired) electrons. The second-order valence-corrected chi connectivity index (χ2v) is 6.04. The normalized spacial score (nSPS) is 10.5. The molecule has 0 aliphatic rings. The van der Waals surface area contributed by atoms with Gasteiger partial charge in [-0.3, -0.25) is 0 Å². The van der Waals surface area contributed by atoms with E-state index in [9.17, 15) is 0 Å².